The third kappa shape index (κ3) is 3.17. The summed E-state index contributed by atoms with van der Waals surface area (Å²) < 4.78 is 40.6. The van der Waals surface area contributed by atoms with E-state index in [0.29, 0.717) is 12.6 Å². The monoisotopic (exact) mass is 341 g/mol. The molecule has 8 heteroatoms. The number of nitrogens with zero attached hydrogens (tertiary/aromatic N) is 2. The minimum absolute atomic E-state index is 0.0392. The molecule has 0 aliphatic carbocycles. The number of likely N-dealkylation sites (tertiary alicyclic amines) is 1. The van der Waals surface area contributed by atoms with E-state index >= 15 is 0 Å². The Morgan fingerprint density at radius 1 is 1.39 bits per heavy atom. The number of halogens is 3. The lowest BCUT2D eigenvalue weighted by atomic mass is 9.97. The van der Waals surface area contributed by atoms with E-state index in [0.717, 1.165) is 16.1 Å². The quantitative estimate of drug-likeness (QED) is 0.869. The minimum Gasteiger partial charge on any atom is -0.365 e. The molecule has 4 nitrogen and oxygen atoms in total. The summed E-state index contributed by atoms with van der Waals surface area (Å²) in [6.45, 7) is 0.583. The molecule has 122 valence electrons. The smallest absolute Gasteiger partial charge is 0.223 e. The van der Waals surface area contributed by atoms with Crippen molar-refractivity contribution in [2.24, 2.45) is 0 Å². The topological polar surface area (TPSA) is 45.2 Å². The van der Waals surface area contributed by atoms with E-state index in [1.165, 1.54) is 11.3 Å². The SMILES string of the molecule is CNc1ncc(CN2CC(c3cc(F)cc(F)c3F)CC2=O)s1. The Morgan fingerprint density at radius 3 is 2.87 bits per heavy atom. The summed E-state index contributed by atoms with van der Waals surface area (Å²) in [7, 11) is 1.75. The number of carbonyl (C=O) groups is 1. The maximum Gasteiger partial charge on any atom is 0.223 e. The van der Waals surface area contributed by atoms with Gasteiger partial charge in [0.25, 0.3) is 0 Å². The van der Waals surface area contributed by atoms with Crippen LogP contribution in [0.3, 0.4) is 0 Å². The van der Waals surface area contributed by atoms with Gasteiger partial charge in [0.2, 0.25) is 5.91 Å². The van der Waals surface area contributed by atoms with Crippen molar-refractivity contribution in [1.29, 1.82) is 0 Å². The molecule has 2 heterocycles. The van der Waals surface area contributed by atoms with E-state index in [2.05, 4.69) is 10.3 Å². The first-order valence-corrected chi connectivity index (χ1v) is 7.84. The second-order valence-electron chi connectivity index (χ2n) is 5.35. The average Bonchev–Trinajstić information content (AvgIpc) is 3.10. The molecule has 0 radical (unpaired) electrons. The van der Waals surface area contributed by atoms with Crippen LogP contribution in [-0.4, -0.2) is 29.4 Å². The molecule has 1 aromatic heterocycles. The first kappa shape index (κ1) is 15.8. The lowest BCUT2D eigenvalue weighted by molar-refractivity contribution is -0.128. The standard InChI is InChI=1S/C15H14F3N3OS/c1-19-15-20-5-10(23-15)7-21-6-8(2-13(21)22)11-3-9(16)4-12(17)14(11)18/h3-5,8H,2,6-7H2,1H3,(H,19,20). The molecule has 0 saturated carbocycles. The molecule has 1 N–H and O–H groups in total. The molecule has 1 aliphatic heterocycles. The average molecular weight is 341 g/mol. The zero-order chi connectivity index (χ0) is 16.6. The maximum atomic E-state index is 13.9. The van der Waals surface area contributed by atoms with Crippen LogP contribution in [0.2, 0.25) is 0 Å². The van der Waals surface area contributed by atoms with Gasteiger partial charge in [0.05, 0.1) is 6.54 Å². The number of carbonyl (C=O) groups excluding carboxylic acids is 1. The number of hydrogen-bond donors (Lipinski definition) is 1. The van der Waals surface area contributed by atoms with Gasteiger partial charge in [0.15, 0.2) is 16.8 Å². The third-order valence-corrected chi connectivity index (χ3v) is 4.79. The van der Waals surface area contributed by atoms with Crippen LogP contribution in [0.1, 0.15) is 22.8 Å². The van der Waals surface area contributed by atoms with Crippen LogP contribution in [0, 0.1) is 17.5 Å². The van der Waals surface area contributed by atoms with Crippen LogP contribution in [0.4, 0.5) is 18.3 Å². The van der Waals surface area contributed by atoms with E-state index in [-0.39, 0.29) is 24.4 Å². The lowest BCUT2D eigenvalue weighted by Crippen LogP contribution is -2.24. The van der Waals surface area contributed by atoms with Gasteiger partial charge in [-0.2, -0.15) is 0 Å². The van der Waals surface area contributed by atoms with Gasteiger partial charge in [0.1, 0.15) is 5.82 Å². The van der Waals surface area contributed by atoms with Crippen LogP contribution >= 0.6 is 11.3 Å². The highest BCUT2D eigenvalue weighted by atomic mass is 32.1. The Morgan fingerprint density at radius 2 is 2.17 bits per heavy atom. The second kappa shape index (κ2) is 6.19. The predicted molar refractivity (Wildman–Crippen MR) is 80.8 cm³/mol. The fourth-order valence-electron chi connectivity index (χ4n) is 2.69. The molecule has 1 fully saturated rings. The number of anilines is 1. The Balaban J connectivity index is 1.77. The molecule has 1 saturated heterocycles. The van der Waals surface area contributed by atoms with E-state index in [1.807, 2.05) is 0 Å². The molecule has 23 heavy (non-hydrogen) atoms. The van der Waals surface area contributed by atoms with Gasteiger partial charge in [-0.25, -0.2) is 18.2 Å². The van der Waals surface area contributed by atoms with Crippen molar-refractivity contribution < 1.29 is 18.0 Å². The van der Waals surface area contributed by atoms with Gasteiger partial charge in [0, 0.05) is 43.1 Å². The molecule has 2 aromatic rings. The molecule has 1 atom stereocenters. The van der Waals surface area contributed by atoms with E-state index in [9.17, 15) is 18.0 Å². The number of benzene rings is 1. The van der Waals surface area contributed by atoms with Gasteiger partial charge >= 0.3 is 0 Å². The zero-order valence-corrected chi connectivity index (χ0v) is 13.1. The van der Waals surface area contributed by atoms with E-state index in [1.54, 1.807) is 18.1 Å². The van der Waals surface area contributed by atoms with Crippen LogP contribution in [0.15, 0.2) is 18.3 Å². The first-order chi connectivity index (χ1) is 11.0. The second-order valence-corrected chi connectivity index (χ2v) is 6.46. The van der Waals surface area contributed by atoms with Gasteiger partial charge in [-0.1, -0.05) is 0 Å². The molecule has 1 unspecified atom stereocenters. The third-order valence-electron chi connectivity index (χ3n) is 3.79. The number of amides is 1. The maximum absolute atomic E-state index is 13.9. The fraction of sp³-hybridized carbons (Fsp3) is 0.333. The van der Waals surface area contributed by atoms with E-state index in [4.69, 9.17) is 0 Å². The summed E-state index contributed by atoms with van der Waals surface area (Å²) >= 11 is 1.42. The number of hydrogen-bond acceptors (Lipinski definition) is 4. The summed E-state index contributed by atoms with van der Waals surface area (Å²) in [5.74, 6) is -3.87. The van der Waals surface area contributed by atoms with Crippen molar-refractivity contribution in [2.45, 2.75) is 18.9 Å². The highest BCUT2D eigenvalue weighted by Gasteiger charge is 2.33. The Bertz CT molecular complexity index is 750. The summed E-state index contributed by atoms with van der Waals surface area (Å²) in [4.78, 5) is 18.7. The molecule has 0 bridgehead atoms. The Kier molecular flexibility index (Phi) is 4.25. The minimum atomic E-state index is -1.23. The highest BCUT2D eigenvalue weighted by Crippen LogP contribution is 2.33. The van der Waals surface area contributed by atoms with Crippen LogP contribution < -0.4 is 5.32 Å². The van der Waals surface area contributed by atoms with Crippen LogP contribution in [0.5, 0.6) is 0 Å². The summed E-state index contributed by atoms with van der Waals surface area (Å²) in [5, 5.41) is 3.65. The zero-order valence-electron chi connectivity index (χ0n) is 12.3. The van der Waals surface area contributed by atoms with E-state index < -0.39 is 23.4 Å². The number of rotatable bonds is 4. The van der Waals surface area contributed by atoms with Crippen molar-refractivity contribution in [3.8, 4) is 0 Å². The Labute approximate surface area is 135 Å². The van der Waals surface area contributed by atoms with Crippen molar-refractivity contribution in [2.75, 3.05) is 18.9 Å². The molecule has 1 amide bonds. The normalized spacial score (nSPS) is 17.8. The predicted octanol–water partition coefficient (Wildman–Crippen LogP) is 3.12. The number of aromatic nitrogens is 1. The van der Waals surface area contributed by atoms with Gasteiger partial charge in [-0.3, -0.25) is 4.79 Å². The first-order valence-electron chi connectivity index (χ1n) is 7.02. The largest absolute Gasteiger partial charge is 0.365 e. The summed E-state index contributed by atoms with van der Waals surface area (Å²) in [6.07, 6.45) is 1.71. The van der Waals surface area contributed by atoms with Crippen molar-refractivity contribution >= 4 is 22.4 Å². The van der Waals surface area contributed by atoms with Gasteiger partial charge < -0.3 is 10.2 Å². The van der Waals surface area contributed by atoms with Gasteiger partial charge in [-0.05, 0) is 11.6 Å². The van der Waals surface area contributed by atoms with Gasteiger partial charge in [-0.15, -0.1) is 11.3 Å². The highest BCUT2D eigenvalue weighted by molar-refractivity contribution is 7.15. The molecule has 1 aromatic carbocycles. The summed E-state index contributed by atoms with van der Waals surface area (Å²) in [5.41, 5.74) is -0.0847. The lowest BCUT2D eigenvalue weighted by Gasteiger charge is -2.16. The summed E-state index contributed by atoms with van der Waals surface area (Å²) in [6, 6.07) is 1.47. The van der Waals surface area contributed by atoms with Crippen LogP contribution in [-0.2, 0) is 11.3 Å². The number of thiazole rings is 1. The molecule has 1 aliphatic rings. The number of nitrogens with one attached hydrogen (secondary N) is 1. The fourth-order valence-corrected chi connectivity index (χ4v) is 3.47. The molecule has 3 rings (SSSR count). The molecular formula is C15H14F3N3OS. The Hall–Kier alpha value is -2.09. The molecule has 0 spiro atoms. The molecular weight excluding hydrogens is 327 g/mol. The van der Waals surface area contributed by atoms with Crippen LogP contribution in [0.25, 0.3) is 0 Å². The van der Waals surface area contributed by atoms with Crippen molar-refractivity contribution in [3.63, 3.8) is 0 Å². The van der Waals surface area contributed by atoms with Crippen molar-refractivity contribution in [1.82, 2.24) is 9.88 Å². The van der Waals surface area contributed by atoms with Crippen molar-refractivity contribution in [3.05, 3.63) is 46.2 Å².